The molecule has 0 aliphatic carbocycles. The molecule has 1 amide bonds. The lowest BCUT2D eigenvalue weighted by molar-refractivity contribution is -0.124. The van der Waals surface area contributed by atoms with Gasteiger partial charge in [0, 0.05) is 12.5 Å². The lowest BCUT2D eigenvalue weighted by Crippen LogP contribution is -2.31. The summed E-state index contributed by atoms with van der Waals surface area (Å²) in [7, 11) is 0. The van der Waals surface area contributed by atoms with E-state index in [-0.39, 0.29) is 11.8 Å². The van der Waals surface area contributed by atoms with E-state index in [1.807, 2.05) is 6.92 Å². The SMILES string of the molecule is CC(CCN)C(=O)NCCCCN. The molecule has 1 atom stereocenters. The van der Waals surface area contributed by atoms with Crippen molar-refractivity contribution in [2.45, 2.75) is 26.2 Å². The highest BCUT2D eigenvalue weighted by molar-refractivity contribution is 5.78. The molecular formula is C9H21N3O. The summed E-state index contributed by atoms with van der Waals surface area (Å²) in [6.45, 7) is 3.88. The molecule has 0 heterocycles. The van der Waals surface area contributed by atoms with Gasteiger partial charge in [0.1, 0.15) is 0 Å². The Morgan fingerprint density at radius 3 is 2.54 bits per heavy atom. The monoisotopic (exact) mass is 187 g/mol. The highest BCUT2D eigenvalue weighted by Gasteiger charge is 2.09. The Hall–Kier alpha value is -0.610. The third-order valence-corrected chi connectivity index (χ3v) is 1.98. The number of amides is 1. The van der Waals surface area contributed by atoms with Gasteiger partial charge in [0.15, 0.2) is 0 Å². The van der Waals surface area contributed by atoms with E-state index in [1.165, 1.54) is 0 Å². The fourth-order valence-electron chi connectivity index (χ4n) is 1.04. The highest BCUT2D eigenvalue weighted by atomic mass is 16.1. The predicted octanol–water partition coefficient (Wildman–Crippen LogP) is -0.174. The van der Waals surface area contributed by atoms with Crippen molar-refractivity contribution in [1.29, 1.82) is 0 Å². The first-order chi connectivity index (χ1) is 6.22. The van der Waals surface area contributed by atoms with Gasteiger partial charge in [0.05, 0.1) is 0 Å². The van der Waals surface area contributed by atoms with Crippen LogP contribution in [-0.4, -0.2) is 25.5 Å². The van der Waals surface area contributed by atoms with Gasteiger partial charge in [-0.3, -0.25) is 4.79 Å². The second-order valence-corrected chi connectivity index (χ2v) is 3.27. The quantitative estimate of drug-likeness (QED) is 0.484. The van der Waals surface area contributed by atoms with Crippen LogP contribution >= 0.6 is 0 Å². The van der Waals surface area contributed by atoms with Gasteiger partial charge >= 0.3 is 0 Å². The van der Waals surface area contributed by atoms with Gasteiger partial charge in [-0.15, -0.1) is 0 Å². The third kappa shape index (κ3) is 6.54. The number of hydrogen-bond acceptors (Lipinski definition) is 3. The van der Waals surface area contributed by atoms with E-state index in [1.54, 1.807) is 0 Å². The minimum absolute atomic E-state index is 0.0304. The minimum atomic E-state index is 0.0304. The maximum Gasteiger partial charge on any atom is 0.222 e. The zero-order valence-electron chi connectivity index (χ0n) is 8.38. The van der Waals surface area contributed by atoms with Gasteiger partial charge in [-0.25, -0.2) is 0 Å². The van der Waals surface area contributed by atoms with Crippen LogP contribution in [0, 0.1) is 5.92 Å². The van der Waals surface area contributed by atoms with Gasteiger partial charge in [-0.1, -0.05) is 6.92 Å². The molecule has 5 N–H and O–H groups in total. The van der Waals surface area contributed by atoms with Crippen molar-refractivity contribution in [3.05, 3.63) is 0 Å². The number of unbranched alkanes of at least 4 members (excludes halogenated alkanes) is 1. The smallest absolute Gasteiger partial charge is 0.222 e. The Morgan fingerprint density at radius 2 is 2.00 bits per heavy atom. The number of rotatable bonds is 7. The molecule has 4 heteroatoms. The lowest BCUT2D eigenvalue weighted by Gasteiger charge is -2.10. The van der Waals surface area contributed by atoms with Crippen LogP contribution in [0.3, 0.4) is 0 Å². The summed E-state index contributed by atoms with van der Waals surface area (Å²) in [5.74, 6) is 0.130. The summed E-state index contributed by atoms with van der Waals surface area (Å²) >= 11 is 0. The average Bonchev–Trinajstić information content (AvgIpc) is 2.12. The maximum absolute atomic E-state index is 11.3. The van der Waals surface area contributed by atoms with E-state index in [9.17, 15) is 4.79 Å². The molecule has 13 heavy (non-hydrogen) atoms. The Balaban J connectivity index is 3.38. The van der Waals surface area contributed by atoms with Crippen LogP contribution in [0.5, 0.6) is 0 Å². The van der Waals surface area contributed by atoms with Crippen molar-refractivity contribution in [2.75, 3.05) is 19.6 Å². The molecule has 0 radical (unpaired) electrons. The minimum Gasteiger partial charge on any atom is -0.356 e. The summed E-state index contributed by atoms with van der Waals surface area (Å²) in [6.07, 6.45) is 2.67. The van der Waals surface area contributed by atoms with Crippen molar-refractivity contribution < 1.29 is 4.79 Å². The topological polar surface area (TPSA) is 81.1 Å². The van der Waals surface area contributed by atoms with E-state index in [0.717, 1.165) is 25.8 Å². The van der Waals surface area contributed by atoms with Gasteiger partial charge in [-0.05, 0) is 32.4 Å². The Labute approximate surface area is 80.0 Å². The molecule has 0 spiro atoms. The highest BCUT2D eigenvalue weighted by Crippen LogP contribution is 1.99. The molecule has 0 aromatic carbocycles. The maximum atomic E-state index is 11.3. The second-order valence-electron chi connectivity index (χ2n) is 3.27. The fraction of sp³-hybridized carbons (Fsp3) is 0.889. The molecular weight excluding hydrogens is 166 g/mol. The van der Waals surface area contributed by atoms with Crippen LogP contribution in [0.25, 0.3) is 0 Å². The fourth-order valence-corrected chi connectivity index (χ4v) is 1.04. The zero-order valence-corrected chi connectivity index (χ0v) is 8.38. The molecule has 0 saturated heterocycles. The van der Waals surface area contributed by atoms with E-state index < -0.39 is 0 Å². The largest absolute Gasteiger partial charge is 0.356 e. The first-order valence-corrected chi connectivity index (χ1v) is 4.90. The molecule has 0 aliphatic rings. The summed E-state index contributed by atoms with van der Waals surface area (Å²) in [5.41, 5.74) is 10.7. The van der Waals surface area contributed by atoms with Crippen molar-refractivity contribution in [3.63, 3.8) is 0 Å². The summed E-state index contributed by atoms with van der Waals surface area (Å²) in [4.78, 5) is 11.3. The summed E-state index contributed by atoms with van der Waals surface area (Å²) in [6, 6.07) is 0. The van der Waals surface area contributed by atoms with Crippen molar-refractivity contribution in [1.82, 2.24) is 5.32 Å². The van der Waals surface area contributed by atoms with Crippen LogP contribution in [0.1, 0.15) is 26.2 Å². The van der Waals surface area contributed by atoms with Crippen LogP contribution in [0.4, 0.5) is 0 Å². The number of carbonyl (C=O) groups is 1. The predicted molar refractivity (Wildman–Crippen MR) is 54.1 cm³/mol. The van der Waals surface area contributed by atoms with Gasteiger partial charge < -0.3 is 16.8 Å². The van der Waals surface area contributed by atoms with Crippen LogP contribution in [0.2, 0.25) is 0 Å². The molecule has 1 unspecified atom stereocenters. The van der Waals surface area contributed by atoms with Gasteiger partial charge in [0.25, 0.3) is 0 Å². The average molecular weight is 187 g/mol. The van der Waals surface area contributed by atoms with Gasteiger partial charge in [0.2, 0.25) is 5.91 Å². The first kappa shape index (κ1) is 12.4. The van der Waals surface area contributed by atoms with Crippen LogP contribution in [0.15, 0.2) is 0 Å². The number of carbonyl (C=O) groups excluding carboxylic acids is 1. The molecule has 78 valence electrons. The molecule has 4 nitrogen and oxygen atoms in total. The normalized spacial score (nSPS) is 12.5. The second kappa shape index (κ2) is 8.01. The van der Waals surface area contributed by atoms with E-state index in [0.29, 0.717) is 13.1 Å². The van der Waals surface area contributed by atoms with Crippen molar-refractivity contribution >= 4 is 5.91 Å². The standard InChI is InChI=1S/C9H21N3O/c1-8(4-6-11)9(13)12-7-3-2-5-10/h8H,2-7,10-11H2,1H3,(H,12,13). The van der Waals surface area contributed by atoms with Gasteiger partial charge in [-0.2, -0.15) is 0 Å². The molecule has 0 fully saturated rings. The summed E-state index contributed by atoms with van der Waals surface area (Å²) < 4.78 is 0. The van der Waals surface area contributed by atoms with E-state index >= 15 is 0 Å². The third-order valence-electron chi connectivity index (χ3n) is 1.98. The molecule has 0 bridgehead atoms. The number of nitrogens with two attached hydrogens (primary N) is 2. The van der Waals surface area contributed by atoms with Crippen molar-refractivity contribution in [2.24, 2.45) is 17.4 Å². The van der Waals surface area contributed by atoms with E-state index in [4.69, 9.17) is 11.5 Å². The van der Waals surface area contributed by atoms with Crippen LogP contribution < -0.4 is 16.8 Å². The van der Waals surface area contributed by atoms with Crippen LogP contribution in [-0.2, 0) is 4.79 Å². The van der Waals surface area contributed by atoms with E-state index in [2.05, 4.69) is 5.32 Å². The number of hydrogen-bond donors (Lipinski definition) is 3. The molecule has 0 saturated carbocycles. The lowest BCUT2D eigenvalue weighted by atomic mass is 10.1. The molecule has 0 aromatic heterocycles. The first-order valence-electron chi connectivity index (χ1n) is 4.90. The summed E-state index contributed by atoms with van der Waals surface area (Å²) in [5, 5.41) is 2.85. The Kier molecular flexibility index (Phi) is 7.63. The molecule has 0 aromatic rings. The van der Waals surface area contributed by atoms with Crippen molar-refractivity contribution in [3.8, 4) is 0 Å². The molecule has 0 aliphatic heterocycles. The Bertz CT molecular complexity index is 139. The molecule has 0 rings (SSSR count). The Morgan fingerprint density at radius 1 is 1.31 bits per heavy atom. The zero-order chi connectivity index (χ0) is 10.1. The number of nitrogens with one attached hydrogen (secondary N) is 1.